The molecule has 10 heteroatoms. The van der Waals surface area contributed by atoms with E-state index in [4.69, 9.17) is 14.1 Å². The zero-order chi connectivity index (χ0) is 20.8. The van der Waals surface area contributed by atoms with E-state index < -0.39 is 0 Å². The number of hydrogen-bond donors (Lipinski definition) is 1. The van der Waals surface area contributed by atoms with Crippen LogP contribution in [0.15, 0.2) is 27.8 Å². The number of carbonyl (C=O) groups is 1. The lowest BCUT2D eigenvalue weighted by Gasteiger charge is -2.42. The third-order valence-corrected chi connectivity index (χ3v) is 7.46. The van der Waals surface area contributed by atoms with E-state index in [2.05, 4.69) is 22.0 Å². The highest BCUT2D eigenvalue weighted by molar-refractivity contribution is 14.0. The number of aliphatic imine (C=N–C) groups is 1. The smallest absolute Gasteiger partial charge is 0.289 e. The largest absolute Gasteiger partial charge is 0.459 e. The fraction of sp³-hybridized carbons (Fsp3) is 0.714. The molecule has 3 aliphatic heterocycles. The molecule has 4 rings (SSSR count). The van der Waals surface area contributed by atoms with Crippen molar-refractivity contribution in [2.75, 3.05) is 77.1 Å². The maximum atomic E-state index is 12.5. The van der Waals surface area contributed by atoms with Crippen LogP contribution in [0.1, 0.15) is 23.9 Å². The molecule has 1 atom stereocenters. The number of amides is 1. The number of nitrogens with one attached hydrogen (secondary N) is 1. The number of halogens is 1. The van der Waals surface area contributed by atoms with Gasteiger partial charge in [0.25, 0.3) is 5.91 Å². The van der Waals surface area contributed by atoms with E-state index in [1.807, 2.05) is 16.7 Å². The summed E-state index contributed by atoms with van der Waals surface area (Å²) in [4.78, 5) is 24.4. The Morgan fingerprint density at radius 2 is 1.94 bits per heavy atom. The Morgan fingerprint density at radius 3 is 2.55 bits per heavy atom. The number of thioether (sulfide) groups is 1. The predicted molar refractivity (Wildman–Crippen MR) is 135 cm³/mol. The standard InChI is InChI=1S/C21H33N5O3S.HI/c1-2-22-20(23-16-21(5-15-30-17-21)26-10-13-28-14-11-26)25-8-6-24(7-9-25)19(27)18-4-3-12-29-18;/h3-4,12H,2,5-11,13-17H2,1H3,(H,22,23);1H. The Morgan fingerprint density at radius 1 is 1.19 bits per heavy atom. The summed E-state index contributed by atoms with van der Waals surface area (Å²) in [6.45, 7) is 10.3. The second-order valence-corrected chi connectivity index (χ2v) is 9.16. The Kier molecular flexibility index (Phi) is 9.35. The molecular weight excluding hydrogens is 529 g/mol. The number of nitrogens with zero attached hydrogens (tertiary/aromatic N) is 4. The van der Waals surface area contributed by atoms with Crippen LogP contribution in [0.5, 0.6) is 0 Å². The SMILES string of the molecule is CCNC(=NCC1(N2CCOCC2)CCSC1)N1CCN(C(=O)c2ccco2)CC1.I. The van der Waals surface area contributed by atoms with Crippen molar-refractivity contribution in [1.29, 1.82) is 0 Å². The monoisotopic (exact) mass is 563 g/mol. The van der Waals surface area contributed by atoms with Crippen molar-refractivity contribution in [3.05, 3.63) is 24.2 Å². The molecule has 1 aromatic rings. The fourth-order valence-electron chi connectivity index (χ4n) is 4.43. The summed E-state index contributed by atoms with van der Waals surface area (Å²) in [6.07, 6.45) is 2.73. The van der Waals surface area contributed by atoms with E-state index >= 15 is 0 Å². The molecule has 8 nitrogen and oxygen atoms in total. The topological polar surface area (TPSA) is 73.6 Å². The molecule has 3 saturated heterocycles. The molecule has 4 heterocycles. The Bertz CT molecular complexity index is 713. The van der Waals surface area contributed by atoms with Gasteiger partial charge in [-0.15, -0.1) is 24.0 Å². The third-order valence-electron chi connectivity index (χ3n) is 6.22. The Labute approximate surface area is 206 Å². The van der Waals surface area contributed by atoms with Gasteiger partial charge in [-0.1, -0.05) is 0 Å². The van der Waals surface area contributed by atoms with Crippen LogP contribution in [0, 0.1) is 0 Å². The average Bonchev–Trinajstić information content (AvgIpc) is 3.50. The van der Waals surface area contributed by atoms with Gasteiger partial charge < -0.3 is 24.3 Å². The van der Waals surface area contributed by atoms with Crippen molar-refractivity contribution < 1.29 is 13.9 Å². The molecule has 3 aliphatic rings. The zero-order valence-corrected chi connectivity index (χ0v) is 21.4. The molecule has 0 spiro atoms. The maximum absolute atomic E-state index is 12.5. The van der Waals surface area contributed by atoms with Gasteiger partial charge in [0.15, 0.2) is 11.7 Å². The van der Waals surface area contributed by atoms with Gasteiger partial charge in [-0.2, -0.15) is 11.8 Å². The molecule has 0 aromatic carbocycles. The van der Waals surface area contributed by atoms with Crippen molar-refractivity contribution in [3.63, 3.8) is 0 Å². The number of furan rings is 1. The van der Waals surface area contributed by atoms with Crippen molar-refractivity contribution >= 4 is 47.6 Å². The molecule has 1 unspecified atom stereocenters. The number of piperazine rings is 1. The van der Waals surface area contributed by atoms with Gasteiger partial charge in [0.2, 0.25) is 0 Å². The predicted octanol–water partition coefficient (Wildman–Crippen LogP) is 1.83. The van der Waals surface area contributed by atoms with Crippen molar-refractivity contribution in [1.82, 2.24) is 20.0 Å². The van der Waals surface area contributed by atoms with Crippen molar-refractivity contribution in [2.24, 2.45) is 4.99 Å². The Balaban J connectivity index is 0.00000272. The molecule has 3 fully saturated rings. The first-order chi connectivity index (χ1) is 14.7. The number of rotatable bonds is 5. The molecule has 1 N–H and O–H groups in total. The first-order valence-corrected chi connectivity index (χ1v) is 12.1. The molecule has 1 amide bonds. The van der Waals surface area contributed by atoms with Gasteiger partial charge in [-0.25, -0.2) is 0 Å². The van der Waals surface area contributed by atoms with Gasteiger partial charge >= 0.3 is 0 Å². The van der Waals surface area contributed by atoms with Crippen LogP contribution in [0.25, 0.3) is 0 Å². The van der Waals surface area contributed by atoms with E-state index in [-0.39, 0.29) is 35.4 Å². The zero-order valence-electron chi connectivity index (χ0n) is 18.3. The van der Waals surface area contributed by atoms with E-state index in [1.54, 1.807) is 18.4 Å². The van der Waals surface area contributed by atoms with Crippen LogP contribution in [0.2, 0.25) is 0 Å². The van der Waals surface area contributed by atoms with Gasteiger partial charge in [0, 0.05) is 51.6 Å². The highest BCUT2D eigenvalue weighted by atomic mass is 127. The maximum Gasteiger partial charge on any atom is 0.289 e. The van der Waals surface area contributed by atoms with Gasteiger partial charge in [0.1, 0.15) is 0 Å². The molecule has 174 valence electrons. The minimum absolute atomic E-state index is 0. The first-order valence-electron chi connectivity index (χ1n) is 11.0. The van der Waals surface area contributed by atoms with E-state index in [1.165, 1.54) is 12.2 Å². The molecule has 0 radical (unpaired) electrons. The van der Waals surface area contributed by atoms with E-state index in [0.717, 1.165) is 64.2 Å². The second kappa shape index (κ2) is 11.8. The first kappa shape index (κ1) is 24.7. The lowest BCUT2D eigenvalue weighted by molar-refractivity contribution is -0.0105. The van der Waals surface area contributed by atoms with Crippen LogP contribution in [-0.4, -0.2) is 109 Å². The van der Waals surface area contributed by atoms with Crippen LogP contribution in [0.3, 0.4) is 0 Å². The summed E-state index contributed by atoms with van der Waals surface area (Å²) < 4.78 is 10.8. The summed E-state index contributed by atoms with van der Waals surface area (Å²) >= 11 is 2.04. The quantitative estimate of drug-likeness (QED) is 0.333. The lowest BCUT2D eigenvalue weighted by atomic mass is 9.96. The molecule has 0 aliphatic carbocycles. The number of hydrogen-bond acceptors (Lipinski definition) is 6. The number of ether oxygens (including phenoxy) is 1. The minimum atomic E-state index is -0.0316. The highest BCUT2D eigenvalue weighted by Crippen LogP contribution is 2.34. The van der Waals surface area contributed by atoms with Crippen LogP contribution in [0.4, 0.5) is 0 Å². The van der Waals surface area contributed by atoms with Gasteiger partial charge in [-0.05, 0) is 31.2 Å². The van der Waals surface area contributed by atoms with Crippen LogP contribution >= 0.6 is 35.7 Å². The van der Waals surface area contributed by atoms with Crippen molar-refractivity contribution in [3.8, 4) is 0 Å². The van der Waals surface area contributed by atoms with Gasteiger partial charge in [-0.3, -0.25) is 14.7 Å². The fourth-order valence-corrected chi connectivity index (χ4v) is 5.90. The molecule has 31 heavy (non-hydrogen) atoms. The molecule has 0 bridgehead atoms. The molecule has 0 saturated carbocycles. The van der Waals surface area contributed by atoms with E-state index in [0.29, 0.717) is 18.8 Å². The lowest BCUT2D eigenvalue weighted by Crippen LogP contribution is -2.57. The van der Waals surface area contributed by atoms with Crippen LogP contribution < -0.4 is 5.32 Å². The summed E-state index contributed by atoms with van der Waals surface area (Å²) in [5.74, 6) is 3.69. The van der Waals surface area contributed by atoms with Crippen molar-refractivity contribution in [2.45, 2.75) is 18.9 Å². The number of carbonyl (C=O) groups excluding carboxylic acids is 1. The second-order valence-electron chi connectivity index (χ2n) is 8.05. The normalized spacial score (nSPS) is 25.4. The van der Waals surface area contributed by atoms with E-state index in [9.17, 15) is 4.79 Å². The summed E-state index contributed by atoms with van der Waals surface area (Å²) in [6, 6.07) is 3.48. The number of morpholine rings is 1. The third kappa shape index (κ3) is 5.88. The van der Waals surface area contributed by atoms with Gasteiger partial charge in [0.05, 0.1) is 31.6 Å². The highest BCUT2D eigenvalue weighted by Gasteiger charge is 2.40. The molecule has 1 aromatic heterocycles. The molecular formula is C21H34IN5O3S. The summed E-state index contributed by atoms with van der Waals surface area (Å²) in [5, 5.41) is 3.47. The summed E-state index contributed by atoms with van der Waals surface area (Å²) in [7, 11) is 0. The minimum Gasteiger partial charge on any atom is -0.459 e. The average molecular weight is 564 g/mol. The van der Waals surface area contributed by atoms with Crippen LogP contribution in [-0.2, 0) is 4.74 Å². The summed E-state index contributed by atoms with van der Waals surface area (Å²) in [5.41, 5.74) is 0.145. The number of guanidine groups is 1. The Hall–Kier alpha value is -0.980.